The van der Waals surface area contributed by atoms with Crippen LogP contribution in [-0.2, 0) is 0 Å². The predicted octanol–water partition coefficient (Wildman–Crippen LogP) is 4.14. The van der Waals surface area contributed by atoms with Gasteiger partial charge < -0.3 is 14.8 Å². The lowest BCUT2D eigenvalue weighted by molar-refractivity contribution is 0.0952. The van der Waals surface area contributed by atoms with Crippen molar-refractivity contribution < 1.29 is 4.79 Å². The van der Waals surface area contributed by atoms with Gasteiger partial charge in [0.2, 0.25) is 0 Å². The third kappa shape index (κ3) is 4.01. The van der Waals surface area contributed by atoms with E-state index in [0.717, 1.165) is 30.3 Å². The quantitative estimate of drug-likeness (QED) is 0.853. The average Bonchev–Trinajstić information content (AvgIpc) is 3.14. The first kappa shape index (κ1) is 17.5. The third-order valence-electron chi connectivity index (χ3n) is 5.16. The number of likely N-dealkylation sites (tertiary alicyclic amines) is 1. The van der Waals surface area contributed by atoms with Crippen molar-refractivity contribution in [2.75, 3.05) is 26.2 Å². The molecular formula is C19H29N3OS. The Kier molecular flexibility index (Phi) is 5.61. The van der Waals surface area contributed by atoms with Crippen molar-refractivity contribution in [2.45, 2.75) is 46.1 Å². The lowest BCUT2D eigenvalue weighted by Gasteiger charge is -2.30. The standard InChI is InChI=1S/C19H29N3OS/c1-4-21-9-6-15(7-10-21)5-8-20-19(23)17-11-16-12-22(14(2)3)13-18(16)24-17/h11-15H,4-10H2,1-3H3,(H,20,23). The highest BCUT2D eigenvalue weighted by Crippen LogP contribution is 2.28. The van der Waals surface area contributed by atoms with Crippen molar-refractivity contribution in [3.05, 3.63) is 23.3 Å². The van der Waals surface area contributed by atoms with Gasteiger partial charge in [-0.05, 0) is 64.7 Å². The molecule has 1 N–H and O–H groups in total. The second-order valence-electron chi connectivity index (χ2n) is 7.15. The van der Waals surface area contributed by atoms with Gasteiger partial charge in [0.25, 0.3) is 5.91 Å². The number of rotatable bonds is 6. The van der Waals surface area contributed by atoms with E-state index in [0.29, 0.717) is 6.04 Å². The van der Waals surface area contributed by atoms with Gasteiger partial charge in [-0.25, -0.2) is 0 Å². The zero-order valence-corrected chi connectivity index (χ0v) is 15.9. The summed E-state index contributed by atoms with van der Waals surface area (Å²) in [5.74, 6) is 0.848. The number of aromatic nitrogens is 1. The summed E-state index contributed by atoms with van der Waals surface area (Å²) in [5.41, 5.74) is 0. The lowest BCUT2D eigenvalue weighted by atomic mass is 9.93. The van der Waals surface area contributed by atoms with E-state index >= 15 is 0 Å². The monoisotopic (exact) mass is 347 g/mol. The molecule has 5 heteroatoms. The summed E-state index contributed by atoms with van der Waals surface area (Å²) in [4.78, 5) is 15.7. The number of hydrogen-bond donors (Lipinski definition) is 1. The number of hydrogen-bond acceptors (Lipinski definition) is 3. The second-order valence-corrected chi connectivity index (χ2v) is 8.24. The number of nitrogens with zero attached hydrogens (tertiary/aromatic N) is 2. The first-order chi connectivity index (χ1) is 11.6. The third-order valence-corrected chi connectivity index (χ3v) is 6.24. The Morgan fingerprint density at radius 1 is 1.33 bits per heavy atom. The molecule has 1 fully saturated rings. The molecule has 0 bridgehead atoms. The molecule has 2 aromatic heterocycles. The van der Waals surface area contributed by atoms with Crippen LogP contribution < -0.4 is 5.32 Å². The van der Waals surface area contributed by atoms with Gasteiger partial charge in [0.15, 0.2) is 0 Å². The maximum Gasteiger partial charge on any atom is 0.261 e. The summed E-state index contributed by atoms with van der Waals surface area (Å²) in [7, 11) is 0. The van der Waals surface area contributed by atoms with E-state index in [2.05, 4.69) is 47.9 Å². The zero-order valence-electron chi connectivity index (χ0n) is 15.0. The Hall–Kier alpha value is -1.33. The van der Waals surface area contributed by atoms with Crippen LogP contribution in [0.15, 0.2) is 18.5 Å². The van der Waals surface area contributed by atoms with Gasteiger partial charge in [-0.3, -0.25) is 4.79 Å². The topological polar surface area (TPSA) is 37.3 Å². The molecule has 2 aromatic rings. The molecule has 0 aromatic carbocycles. The van der Waals surface area contributed by atoms with E-state index in [1.54, 1.807) is 11.3 Å². The fourth-order valence-electron chi connectivity index (χ4n) is 3.43. The van der Waals surface area contributed by atoms with Crippen molar-refractivity contribution in [1.29, 1.82) is 0 Å². The van der Waals surface area contributed by atoms with E-state index in [4.69, 9.17) is 0 Å². The molecule has 1 amide bonds. The number of amides is 1. The SMILES string of the molecule is CCN1CCC(CCNC(=O)c2cc3cn(C(C)C)cc3s2)CC1. The van der Waals surface area contributed by atoms with Crippen LogP contribution in [0.2, 0.25) is 0 Å². The van der Waals surface area contributed by atoms with Crippen molar-refractivity contribution in [3.63, 3.8) is 0 Å². The molecule has 1 aliphatic heterocycles. The van der Waals surface area contributed by atoms with Gasteiger partial charge in [0, 0.05) is 30.4 Å². The van der Waals surface area contributed by atoms with Crippen LogP contribution in [0, 0.1) is 5.92 Å². The normalized spacial score (nSPS) is 17.0. The predicted molar refractivity (Wildman–Crippen MR) is 102 cm³/mol. The van der Waals surface area contributed by atoms with Crippen LogP contribution in [0.1, 0.15) is 55.7 Å². The minimum Gasteiger partial charge on any atom is -0.351 e. The van der Waals surface area contributed by atoms with Gasteiger partial charge in [0.1, 0.15) is 0 Å². The van der Waals surface area contributed by atoms with Gasteiger partial charge in [-0.15, -0.1) is 11.3 Å². The molecule has 4 nitrogen and oxygen atoms in total. The first-order valence-electron chi connectivity index (χ1n) is 9.18. The Labute approximate surface area is 148 Å². The number of fused-ring (bicyclic) bond motifs is 1. The van der Waals surface area contributed by atoms with E-state index in [9.17, 15) is 4.79 Å². The molecule has 3 heterocycles. The summed E-state index contributed by atoms with van der Waals surface area (Å²) in [6, 6.07) is 2.48. The molecule has 0 radical (unpaired) electrons. The van der Waals surface area contributed by atoms with Crippen LogP contribution in [0.5, 0.6) is 0 Å². The highest BCUT2D eigenvalue weighted by atomic mass is 32.1. The Morgan fingerprint density at radius 2 is 2.08 bits per heavy atom. The Morgan fingerprint density at radius 3 is 2.71 bits per heavy atom. The van der Waals surface area contributed by atoms with Gasteiger partial charge in [0.05, 0.1) is 9.58 Å². The fourth-order valence-corrected chi connectivity index (χ4v) is 4.42. The summed E-state index contributed by atoms with van der Waals surface area (Å²) in [5, 5.41) is 4.28. The highest BCUT2D eigenvalue weighted by molar-refractivity contribution is 7.20. The van der Waals surface area contributed by atoms with Crippen LogP contribution in [0.25, 0.3) is 10.1 Å². The van der Waals surface area contributed by atoms with Crippen LogP contribution in [-0.4, -0.2) is 41.6 Å². The van der Waals surface area contributed by atoms with Gasteiger partial charge >= 0.3 is 0 Å². The molecule has 0 spiro atoms. The molecule has 0 aliphatic carbocycles. The van der Waals surface area contributed by atoms with E-state index in [-0.39, 0.29) is 5.91 Å². The number of carbonyl (C=O) groups is 1. The maximum absolute atomic E-state index is 12.4. The van der Waals surface area contributed by atoms with Crippen molar-refractivity contribution in [1.82, 2.24) is 14.8 Å². The summed E-state index contributed by atoms with van der Waals surface area (Å²) < 4.78 is 3.40. The lowest BCUT2D eigenvalue weighted by Crippen LogP contribution is -2.35. The van der Waals surface area contributed by atoms with Crippen LogP contribution >= 0.6 is 11.3 Å². The Bertz CT molecular complexity index is 648. The smallest absolute Gasteiger partial charge is 0.261 e. The molecule has 0 saturated carbocycles. The molecule has 0 atom stereocenters. The molecule has 24 heavy (non-hydrogen) atoms. The van der Waals surface area contributed by atoms with Gasteiger partial charge in [-0.2, -0.15) is 0 Å². The largest absolute Gasteiger partial charge is 0.351 e. The van der Waals surface area contributed by atoms with Crippen LogP contribution in [0.3, 0.4) is 0 Å². The first-order valence-corrected chi connectivity index (χ1v) is 10.00. The van der Waals surface area contributed by atoms with E-state index in [1.165, 1.54) is 36.0 Å². The highest BCUT2D eigenvalue weighted by Gasteiger charge is 2.18. The average molecular weight is 348 g/mol. The number of thiophene rings is 1. The zero-order chi connectivity index (χ0) is 17.1. The van der Waals surface area contributed by atoms with E-state index in [1.807, 2.05) is 6.07 Å². The molecule has 1 aliphatic rings. The molecule has 1 saturated heterocycles. The maximum atomic E-state index is 12.4. The molecule has 0 unspecified atom stereocenters. The second kappa shape index (κ2) is 7.70. The number of nitrogens with one attached hydrogen (secondary N) is 1. The summed E-state index contributed by atoms with van der Waals surface area (Å²) >= 11 is 1.59. The van der Waals surface area contributed by atoms with Crippen molar-refractivity contribution in [2.24, 2.45) is 5.92 Å². The van der Waals surface area contributed by atoms with E-state index < -0.39 is 0 Å². The summed E-state index contributed by atoms with van der Waals surface area (Å²) in [6.45, 7) is 11.0. The number of piperidine rings is 1. The van der Waals surface area contributed by atoms with Gasteiger partial charge in [-0.1, -0.05) is 6.92 Å². The van der Waals surface area contributed by atoms with Crippen molar-refractivity contribution in [3.8, 4) is 0 Å². The number of carbonyl (C=O) groups excluding carboxylic acids is 1. The fraction of sp³-hybridized carbons (Fsp3) is 0.632. The minimum atomic E-state index is 0.0818. The molecular weight excluding hydrogens is 318 g/mol. The van der Waals surface area contributed by atoms with Crippen molar-refractivity contribution >= 4 is 27.3 Å². The summed E-state index contributed by atoms with van der Waals surface area (Å²) in [6.07, 6.45) is 7.92. The Balaban J connectivity index is 1.47. The minimum absolute atomic E-state index is 0.0818. The van der Waals surface area contributed by atoms with Crippen LogP contribution in [0.4, 0.5) is 0 Å². The molecule has 3 rings (SSSR count). The molecule has 132 valence electrons.